The number of benzene rings is 1. The van der Waals surface area contributed by atoms with Gasteiger partial charge in [-0.25, -0.2) is 13.3 Å². The summed E-state index contributed by atoms with van der Waals surface area (Å²) in [6, 6.07) is 8.16. The van der Waals surface area contributed by atoms with Gasteiger partial charge in [-0.05, 0) is 51.7 Å². The molecule has 4 atom stereocenters. The van der Waals surface area contributed by atoms with Crippen LogP contribution in [0.25, 0.3) is 0 Å². The summed E-state index contributed by atoms with van der Waals surface area (Å²) in [6.45, 7) is 6.06. The summed E-state index contributed by atoms with van der Waals surface area (Å²) in [5, 5.41) is 0. The summed E-state index contributed by atoms with van der Waals surface area (Å²) >= 11 is 0. The molecule has 0 unspecified atom stereocenters. The molecule has 2 bridgehead atoms. The minimum atomic E-state index is -3.62. The first-order chi connectivity index (χ1) is 12.9. The Morgan fingerprint density at radius 2 is 1.79 bits per heavy atom. The first-order valence-electron chi connectivity index (χ1n) is 9.29. The van der Waals surface area contributed by atoms with Crippen molar-refractivity contribution in [2.45, 2.75) is 63.2 Å². The SMILES string of the molecule is CC(=O)O[C@@]12C[C@@H](CC[C@]1(C)C(C)=O)[C@](C)(CS(=O)(=O)c1ccccc1)OO2. The van der Waals surface area contributed by atoms with Crippen molar-refractivity contribution in [3.8, 4) is 0 Å². The number of carbonyl (C=O) groups excluding carboxylic acids is 2. The first-order valence-corrected chi connectivity index (χ1v) is 10.9. The van der Waals surface area contributed by atoms with E-state index in [1.165, 1.54) is 13.8 Å². The molecule has 0 amide bonds. The van der Waals surface area contributed by atoms with E-state index < -0.39 is 32.6 Å². The van der Waals surface area contributed by atoms with E-state index in [1.54, 1.807) is 44.2 Å². The summed E-state index contributed by atoms with van der Waals surface area (Å²) in [5.74, 6) is -2.84. The second kappa shape index (κ2) is 6.93. The molecule has 1 saturated carbocycles. The minimum Gasteiger partial charge on any atom is -0.429 e. The van der Waals surface area contributed by atoms with Crippen LogP contribution in [0.3, 0.4) is 0 Å². The molecule has 7 nitrogen and oxygen atoms in total. The van der Waals surface area contributed by atoms with Crippen molar-refractivity contribution in [3.63, 3.8) is 0 Å². The predicted octanol–water partition coefficient (Wildman–Crippen LogP) is 2.84. The third-order valence-corrected chi connectivity index (χ3v) is 8.19. The maximum Gasteiger partial charge on any atom is 0.305 e. The second-order valence-electron chi connectivity index (χ2n) is 8.23. The maximum absolute atomic E-state index is 12.9. The van der Waals surface area contributed by atoms with Gasteiger partial charge in [-0.15, -0.1) is 0 Å². The van der Waals surface area contributed by atoms with Crippen LogP contribution in [0.5, 0.6) is 0 Å². The van der Waals surface area contributed by atoms with Crippen LogP contribution in [-0.4, -0.2) is 37.3 Å². The molecule has 1 aromatic rings. The Labute approximate surface area is 165 Å². The van der Waals surface area contributed by atoms with Gasteiger partial charge in [0.25, 0.3) is 5.79 Å². The zero-order valence-electron chi connectivity index (χ0n) is 16.6. The standard InChI is InChI=1S/C20H26O7S/c1-14(21)18(3)11-10-16-12-20(18,25-15(2)22)27-26-19(16,4)13-28(23,24)17-8-6-5-7-9-17/h5-9,16H,10-13H2,1-4H3/t16-,18-,19+,20-/m1/s1. The van der Waals surface area contributed by atoms with E-state index in [2.05, 4.69) is 0 Å². The van der Waals surface area contributed by atoms with Gasteiger partial charge in [0, 0.05) is 13.3 Å². The van der Waals surface area contributed by atoms with E-state index >= 15 is 0 Å². The molecule has 1 saturated heterocycles. The monoisotopic (exact) mass is 410 g/mol. The molecular formula is C20H26O7S. The molecule has 0 radical (unpaired) electrons. The van der Waals surface area contributed by atoms with Crippen molar-refractivity contribution in [1.29, 1.82) is 0 Å². The molecule has 0 aromatic heterocycles. The molecule has 1 heterocycles. The fourth-order valence-corrected chi connectivity index (χ4v) is 6.04. The van der Waals surface area contributed by atoms with Gasteiger partial charge in [-0.1, -0.05) is 18.2 Å². The molecule has 2 aliphatic rings. The van der Waals surface area contributed by atoms with Crippen LogP contribution >= 0.6 is 0 Å². The van der Waals surface area contributed by atoms with Gasteiger partial charge in [0.1, 0.15) is 11.4 Å². The van der Waals surface area contributed by atoms with Crippen LogP contribution in [0, 0.1) is 11.3 Å². The molecule has 0 spiro atoms. The summed E-state index contributed by atoms with van der Waals surface area (Å²) in [4.78, 5) is 35.5. The van der Waals surface area contributed by atoms with E-state index in [9.17, 15) is 18.0 Å². The third-order valence-electron chi connectivity index (χ3n) is 6.24. The Morgan fingerprint density at radius 3 is 2.36 bits per heavy atom. The Kier molecular flexibility index (Phi) is 5.19. The Hall–Kier alpha value is -1.77. The van der Waals surface area contributed by atoms with Gasteiger partial charge in [0.15, 0.2) is 9.84 Å². The molecule has 1 aliphatic heterocycles. The number of sulfone groups is 1. The highest BCUT2D eigenvalue weighted by molar-refractivity contribution is 7.91. The van der Waals surface area contributed by atoms with Crippen molar-refractivity contribution in [2.24, 2.45) is 11.3 Å². The lowest BCUT2D eigenvalue weighted by atomic mass is 9.61. The lowest BCUT2D eigenvalue weighted by molar-refractivity contribution is -0.515. The van der Waals surface area contributed by atoms with Gasteiger partial charge >= 0.3 is 5.97 Å². The van der Waals surface area contributed by atoms with Gasteiger partial charge in [-0.2, -0.15) is 4.89 Å². The minimum absolute atomic E-state index is 0.170. The van der Waals surface area contributed by atoms with E-state index in [0.717, 1.165) is 0 Å². The van der Waals surface area contributed by atoms with Gasteiger partial charge in [0.2, 0.25) is 0 Å². The van der Waals surface area contributed by atoms with E-state index in [1.807, 2.05) is 0 Å². The molecule has 2 fully saturated rings. The number of ether oxygens (including phenoxy) is 1. The maximum atomic E-state index is 12.9. The van der Waals surface area contributed by atoms with Gasteiger partial charge in [0.05, 0.1) is 16.1 Å². The molecule has 154 valence electrons. The van der Waals surface area contributed by atoms with Crippen LogP contribution in [0.15, 0.2) is 35.2 Å². The Morgan fingerprint density at radius 1 is 1.14 bits per heavy atom. The lowest BCUT2D eigenvalue weighted by Crippen LogP contribution is -2.66. The number of carbonyl (C=O) groups is 2. The quantitative estimate of drug-likeness (QED) is 0.544. The molecule has 28 heavy (non-hydrogen) atoms. The molecular weight excluding hydrogens is 384 g/mol. The van der Waals surface area contributed by atoms with Crippen LogP contribution in [0.4, 0.5) is 0 Å². The average molecular weight is 410 g/mol. The fraction of sp³-hybridized carbons (Fsp3) is 0.600. The topological polar surface area (TPSA) is 96.0 Å². The lowest BCUT2D eigenvalue weighted by Gasteiger charge is -2.56. The van der Waals surface area contributed by atoms with Crippen molar-refractivity contribution in [3.05, 3.63) is 30.3 Å². The number of hydrogen-bond acceptors (Lipinski definition) is 7. The average Bonchev–Trinajstić information content (AvgIpc) is 2.61. The number of ketones is 1. The number of fused-ring (bicyclic) bond motifs is 2. The number of Topliss-reactive ketones (excluding diaryl/α,β-unsaturated/α-hetero) is 1. The number of rotatable bonds is 5. The normalized spacial score (nSPS) is 35.2. The highest BCUT2D eigenvalue weighted by atomic mass is 32.2. The van der Waals surface area contributed by atoms with E-state index in [4.69, 9.17) is 14.5 Å². The highest BCUT2D eigenvalue weighted by Crippen LogP contribution is 2.56. The molecule has 8 heteroatoms. The van der Waals surface area contributed by atoms with Crippen LogP contribution < -0.4 is 0 Å². The highest BCUT2D eigenvalue weighted by Gasteiger charge is 2.66. The molecule has 1 aromatic carbocycles. The van der Waals surface area contributed by atoms with E-state index in [0.29, 0.717) is 12.8 Å². The summed E-state index contributed by atoms with van der Waals surface area (Å²) < 4.78 is 31.2. The second-order valence-corrected chi connectivity index (χ2v) is 10.2. The Bertz CT molecular complexity index is 881. The number of esters is 1. The van der Waals surface area contributed by atoms with E-state index in [-0.39, 0.29) is 28.8 Å². The van der Waals surface area contributed by atoms with Crippen molar-refractivity contribution >= 4 is 21.6 Å². The zero-order chi connectivity index (χ0) is 20.8. The smallest absolute Gasteiger partial charge is 0.305 e. The van der Waals surface area contributed by atoms with Gasteiger partial charge in [-0.3, -0.25) is 9.59 Å². The fourth-order valence-electron chi connectivity index (χ4n) is 4.26. The third kappa shape index (κ3) is 3.38. The Balaban J connectivity index is 1.92. The zero-order valence-corrected chi connectivity index (χ0v) is 17.4. The molecule has 0 N–H and O–H groups in total. The molecule has 3 rings (SSSR count). The van der Waals surface area contributed by atoms with Crippen molar-refractivity contribution in [1.82, 2.24) is 0 Å². The van der Waals surface area contributed by atoms with Crippen molar-refractivity contribution < 1.29 is 32.5 Å². The first kappa shape index (κ1) is 21.0. The van der Waals surface area contributed by atoms with Crippen molar-refractivity contribution in [2.75, 3.05) is 5.75 Å². The van der Waals surface area contributed by atoms with Crippen LogP contribution in [0.2, 0.25) is 0 Å². The summed E-state index contributed by atoms with van der Waals surface area (Å²) in [7, 11) is -3.62. The number of hydrogen-bond donors (Lipinski definition) is 0. The largest absolute Gasteiger partial charge is 0.429 e. The predicted molar refractivity (Wildman–Crippen MR) is 99.7 cm³/mol. The van der Waals surface area contributed by atoms with Crippen LogP contribution in [0.1, 0.15) is 47.0 Å². The van der Waals surface area contributed by atoms with Crippen LogP contribution in [-0.2, 0) is 33.9 Å². The summed E-state index contributed by atoms with van der Waals surface area (Å²) in [5.41, 5.74) is -2.19. The molecule has 1 aliphatic carbocycles. The van der Waals surface area contributed by atoms with Gasteiger partial charge < -0.3 is 4.74 Å². The summed E-state index contributed by atoms with van der Waals surface area (Å²) in [6.07, 6.45) is 1.16.